The van der Waals surface area contributed by atoms with Crippen molar-refractivity contribution in [1.82, 2.24) is 0 Å². The Morgan fingerprint density at radius 3 is 2.00 bits per heavy atom. The predicted octanol–water partition coefficient (Wildman–Crippen LogP) is 2.41. The molecule has 0 spiro atoms. The van der Waals surface area contributed by atoms with Gasteiger partial charge in [-0.1, -0.05) is 32.0 Å². The standard InChI is InChI=1S/C7H6O2.C5H12O/c8-7(9)6-4-2-1-3-5-6;1-5(2)3-4-6/h1-5H,(H,8,9);5-6H,3-4H2,1-2H3. The van der Waals surface area contributed by atoms with Gasteiger partial charge in [0.15, 0.2) is 0 Å². The van der Waals surface area contributed by atoms with Gasteiger partial charge in [0.05, 0.1) is 5.56 Å². The number of hydrogen-bond acceptors (Lipinski definition) is 2. The molecule has 0 aliphatic heterocycles. The SMILES string of the molecule is CC(C)CCO.O=C(O)c1ccccc1. The number of hydrogen-bond donors (Lipinski definition) is 2. The summed E-state index contributed by atoms with van der Waals surface area (Å²) in [6.07, 6.45) is 0.931. The lowest BCUT2D eigenvalue weighted by molar-refractivity contribution is 0.0697. The number of aliphatic hydroxyl groups is 1. The molecule has 15 heavy (non-hydrogen) atoms. The van der Waals surface area contributed by atoms with Crippen LogP contribution in [0.3, 0.4) is 0 Å². The Hall–Kier alpha value is -1.35. The van der Waals surface area contributed by atoms with E-state index in [0.29, 0.717) is 18.1 Å². The van der Waals surface area contributed by atoms with E-state index in [0.717, 1.165) is 6.42 Å². The first kappa shape index (κ1) is 13.7. The maximum Gasteiger partial charge on any atom is 0.335 e. The third kappa shape index (κ3) is 7.70. The van der Waals surface area contributed by atoms with Gasteiger partial charge in [-0.2, -0.15) is 0 Å². The fraction of sp³-hybridized carbons (Fsp3) is 0.417. The molecule has 1 rings (SSSR count). The molecule has 2 N–H and O–H groups in total. The van der Waals surface area contributed by atoms with Gasteiger partial charge < -0.3 is 10.2 Å². The highest BCUT2D eigenvalue weighted by molar-refractivity contribution is 5.87. The van der Waals surface area contributed by atoms with E-state index in [1.165, 1.54) is 0 Å². The molecule has 1 aromatic carbocycles. The number of aromatic carboxylic acids is 1. The van der Waals surface area contributed by atoms with E-state index in [-0.39, 0.29) is 0 Å². The molecule has 0 bridgehead atoms. The van der Waals surface area contributed by atoms with Crippen LogP contribution in [0.15, 0.2) is 30.3 Å². The Morgan fingerprint density at radius 1 is 1.27 bits per heavy atom. The van der Waals surface area contributed by atoms with Gasteiger partial charge in [-0.3, -0.25) is 0 Å². The largest absolute Gasteiger partial charge is 0.478 e. The lowest BCUT2D eigenvalue weighted by Gasteiger charge is -1.95. The van der Waals surface area contributed by atoms with E-state index in [4.69, 9.17) is 10.2 Å². The van der Waals surface area contributed by atoms with E-state index in [9.17, 15) is 4.79 Å². The number of benzene rings is 1. The van der Waals surface area contributed by atoms with Crippen LogP contribution in [0, 0.1) is 5.92 Å². The molecule has 0 aliphatic carbocycles. The van der Waals surface area contributed by atoms with Crippen LogP contribution >= 0.6 is 0 Å². The minimum atomic E-state index is -0.879. The summed E-state index contributed by atoms with van der Waals surface area (Å²) in [4.78, 5) is 10.2. The Kier molecular flexibility index (Phi) is 7.28. The fourth-order valence-electron chi connectivity index (χ4n) is 0.839. The Balaban J connectivity index is 0.000000288. The van der Waals surface area contributed by atoms with Gasteiger partial charge in [-0.25, -0.2) is 4.79 Å². The van der Waals surface area contributed by atoms with Gasteiger partial charge in [-0.15, -0.1) is 0 Å². The third-order valence-corrected chi connectivity index (χ3v) is 1.73. The molecule has 0 unspecified atom stereocenters. The van der Waals surface area contributed by atoms with Crippen LogP contribution in [0.1, 0.15) is 30.6 Å². The minimum Gasteiger partial charge on any atom is -0.478 e. The van der Waals surface area contributed by atoms with E-state index >= 15 is 0 Å². The predicted molar refractivity (Wildman–Crippen MR) is 59.9 cm³/mol. The summed E-state index contributed by atoms with van der Waals surface area (Å²) in [5.41, 5.74) is 0.331. The van der Waals surface area contributed by atoms with Gasteiger partial charge in [0.2, 0.25) is 0 Å². The number of aliphatic hydroxyl groups excluding tert-OH is 1. The van der Waals surface area contributed by atoms with Crippen molar-refractivity contribution in [2.45, 2.75) is 20.3 Å². The molecule has 3 heteroatoms. The normalized spacial score (nSPS) is 9.33. The molecule has 0 aliphatic rings. The second-order valence-electron chi connectivity index (χ2n) is 3.58. The first-order chi connectivity index (χ1) is 7.07. The zero-order valence-electron chi connectivity index (χ0n) is 9.18. The van der Waals surface area contributed by atoms with Crippen molar-refractivity contribution < 1.29 is 15.0 Å². The van der Waals surface area contributed by atoms with E-state index in [2.05, 4.69) is 13.8 Å². The van der Waals surface area contributed by atoms with Crippen LogP contribution in [0.5, 0.6) is 0 Å². The summed E-state index contributed by atoms with van der Waals surface area (Å²) in [6.45, 7) is 4.52. The Bertz CT molecular complexity index is 267. The van der Waals surface area contributed by atoms with Crippen LogP contribution < -0.4 is 0 Å². The van der Waals surface area contributed by atoms with Gasteiger partial charge in [0.25, 0.3) is 0 Å². The van der Waals surface area contributed by atoms with Gasteiger partial charge in [0, 0.05) is 6.61 Å². The average molecular weight is 210 g/mol. The molecule has 1 aromatic rings. The molecule has 0 saturated carbocycles. The molecular weight excluding hydrogens is 192 g/mol. The van der Waals surface area contributed by atoms with Crippen LogP contribution in [0.4, 0.5) is 0 Å². The second kappa shape index (κ2) is 8.00. The van der Waals surface area contributed by atoms with Crippen molar-refractivity contribution in [1.29, 1.82) is 0 Å². The van der Waals surface area contributed by atoms with Crippen molar-refractivity contribution in [2.75, 3.05) is 6.61 Å². The average Bonchev–Trinajstić information content (AvgIpc) is 2.20. The molecule has 0 atom stereocenters. The highest BCUT2D eigenvalue weighted by Crippen LogP contribution is 1.96. The Morgan fingerprint density at radius 2 is 1.80 bits per heavy atom. The van der Waals surface area contributed by atoms with Crippen molar-refractivity contribution in [2.24, 2.45) is 5.92 Å². The van der Waals surface area contributed by atoms with Crippen LogP contribution in [0.25, 0.3) is 0 Å². The lowest BCUT2D eigenvalue weighted by Crippen LogP contribution is -1.93. The Labute approximate surface area is 90.4 Å². The minimum absolute atomic E-state index is 0.331. The van der Waals surface area contributed by atoms with Crippen LogP contribution in [-0.4, -0.2) is 22.8 Å². The number of rotatable bonds is 3. The molecule has 84 valence electrons. The first-order valence-electron chi connectivity index (χ1n) is 4.97. The summed E-state index contributed by atoms with van der Waals surface area (Å²) >= 11 is 0. The maximum atomic E-state index is 10.2. The zero-order valence-corrected chi connectivity index (χ0v) is 9.18. The number of carboxylic acids is 1. The first-order valence-corrected chi connectivity index (χ1v) is 4.97. The summed E-state index contributed by atoms with van der Waals surface area (Å²) in [6, 6.07) is 8.30. The highest BCUT2D eigenvalue weighted by Gasteiger charge is 1.96. The van der Waals surface area contributed by atoms with Crippen LogP contribution in [0.2, 0.25) is 0 Å². The fourth-order valence-corrected chi connectivity index (χ4v) is 0.839. The smallest absolute Gasteiger partial charge is 0.335 e. The zero-order chi connectivity index (χ0) is 11.7. The second-order valence-corrected chi connectivity index (χ2v) is 3.58. The molecule has 0 amide bonds. The quantitative estimate of drug-likeness (QED) is 0.805. The lowest BCUT2D eigenvalue weighted by atomic mass is 10.2. The molecule has 0 aromatic heterocycles. The monoisotopic (exact) mass is 210 g/mol. The van der Waals surface area contributed by atoms with Crippen molar-refractivity contribution in [3.05, 3.63) is 35.9 Å². The molecule has 0 saturated heterocycles. The highest BCUT2D eigenvalue weighted by atomic mass is 16.4. The van der Waals surface area contributed by atoms with Crippen molar-refractivity contribution in [3.63, 3.8) is 0 Å². The molecular formula is C12H18O3. The summed E-state index contributed by atoms with van der Waals surface area (Å²) in [5.74, 6) is -0.231. The summed E-state index contributed by atoms with van der Waals surface area (Å²) in [7, 11) is 0. The molecule has 0 radical (unpaired) electrons. The number of carboxylic acid groups (broad SMARTS) is 1. The van der Waals surface area contributed by atoms with Gasteiger partial charge in [0.1, 0.15) is 0 Å². The molecule has 3 nitrogen and oxygen atoms in total. The third-order valence-electron chi connectivity index (χ3n) is 1.73. The van der Waals surface area contributed by atoms with Crippen molar-refractivity contribution in [3.8, 4) is 0 Å². The number of carbonyl (C=O) groups is 1. The van der Waals surface area contributed by atoms with E-state index in [1.807, 2.05) is 0 Å². The molecule has 0 heterocycles. The van der Waals surface area contributed by atoms with Gasteiger partial charge in [-0.05, 0) is 24.5 Å². The molecule has 0 fully saturated rings. The van der Waals surface area contributed by atoms with Crippen LogP contribution in [-0.2, 0) is 0 Å². The van der Waals surface area contributed by atoms with Crippen molar-refractivity contribution >= 4 is 5.97 Å². The summed E-state index contributed by atoms with van der Waals surface area (Å²) in [5, 5.41) is 16.6. The van der Waals surface area contributed by atoms with Gasteiger partial charge >= 0.3 is 5.97 Å². The summed E-state index contributed by atoms with van der Waals surface area (Å²) < 4.78 is 0. The van der Waals surface area contributed by atoms with E-state index in [1.54, 1.807) is 30.3 Å². The van der Waals surface area contributed by atoms with E-state index < -0.39 is 5.97 Å². The maximum absolute atomic E-state index is 10.2. The topological polar surface area (TPSA) is 57.5 Å².